The molecule has 0 bridgehead atoms. The van der Waals surface area contributed by atoms with Gasteiger partial charge in [-0.05, 0) is 19.4 Å². The zero-order valence-corrected chi connectivity index (χ0v) is 9.40. The van der Waals surface area contributed by atoms with Crippen LogP contribution in [0.25, 0.3) is 0 Å². The largest absolute Gasteiger partial charge is 0.476 e. The monoisotopic (exact) mass is 224 g/mol. The Morgan fingerprint density at radius 1 is 1.50 bits per heavy atom. The van der Waals surface area contributed by atoms with Gasteiger partial charge < -0.3 is 14.5 Å². The molecule has 2 heterocycles. The molecule has 1 aliphatic heterocycles. The van der Waals surface area contributed by atoms with Gasteiger partial charge in [-0.1, -0.05) is 12.1 Å². The van der Waals surface area contributed by atoms with E-state index in [2.05, 4.69) is 17.0 Å². The van der Waals surface area contributed by atoms with Crippen molar-refractivity contribution in [2.45, 2.75) is 26.2 Å². The number of nitrogens with zero attached hydrogens (tertiary/aromatic N) is 2. The predicted octanol–water partition coefficient (Wildman–Crippen LogP) is 1.18. The molecule has 0 saturated carbocycles. The van der Waals surface area contributed by atoms with Gasteiger partial charge >= 0.3 is 5.97 Å². The van der Waals surface area contributed by atoms with Crippen LogP contribution in [-0.2, 0) is 12.8 Å². The van der Waals surface area contributed by atoms with Crippen molar-refractivity contribution in [3.8, 4) is 0 Å². The van der Waals surface area contributed by atoms with E-state index in [9.17, 15) is 4.79 Å². The Bertz CT molecular complexity index is 387. The number of aromatic carboxylic acids is 1. The number of fused-ring (bicyclic) bond motifs is 1. The average Bonchev–Trinajstić information content (AvgIpc) is 2.56. The Morgan fingerprint density at radius 3 is 2.94 bits per heavy atom. The molecule has 1 N–H and O–H groups in total. The van der Waals surface area contributed by atoms with Crippen LogP contribution in [0.1, 0.15) is 35.2 Å². The van der Waals surface area contributed by atoms with Crippen molar-refractivity contribution in [1.82, 2.24) is 10.1 Å². The second-order valence-electron chi connectivity index (χ2n) is 4.08. The van der Waals surface area contributed by atoms with Crippen LogP contribution in [0.5, 0.6) is 0 Å². The molecule has 0 saturated heterocycles. The molecule has 16 heavy (non-hydrogen) atoms. The van der Waals surface area contributed by atoms with Gasteiger partial charge in [0.15, 0.2) is 5.69 Å². The number of hydrogen-bond donors (Lipinski definition) is 1. The summed E-state index contributed by atoms with van der Waals surface area (Å²) in [5, 5.41) is 12.6. The number of carbonyl (C=O) groups is 1. The third kappa shape index (κ3) is 2.09. The van der Waals surface area contributed by atoms with Crippen LogP contribution >= 0.6 is 0 Å². The van der Waals surface area contributed by atoms with Crippen LogP contribution in [0.4, 0.5) is 0 Å². The lowest BCUT2D eigenvalue weighted by Crippen LogP contribution is -2.27. The molecule has 0 spiro atoms. The fraction of sp³-hybridized carbons (Fsp3) is 0.636. The fourth-order valence-electron chi connectivity index (χ4n) is 2.15. The number of aromatic nitrogens is 1. The molecule has 0 atom stereocenters. The quantitative estimate of drug-likeness (QED) is 0.835. The van der Waals surface area contributed by atoms with Gasteiger partial charge in [0.1, 0.15) is 5.76 Å². The standard InChI is InChI=1S/C11H16N2O3/c1-2-5-13-6-3-8-9(4-7-13)16-12-10(8)11(14)15/h2-7H2,1H3,(H,14,15). The van der Waals surface area contributed by atoms with Gasteiger partial charge in [-0.15, -0.1) is 0 Å². The third-order valence-electron chi connectivity index (χ3n) is 2.95. The Balaban J connectivity index is 2.15. The van der Waals surface area contributed by atoms with E-state index in [1.54, 1.807) is 0 Å². The van der Waals surface area contributed by atoms with Gasteiger partial charge in [0.25, 0.3) is 0 Å². The normalized spacial score (nSPS) is 16.8. The summed E-state index contributed by atoms with van der Waals surface area (Å²) in [6, 6.07) is 0. The number of rotatable bonds is 3. The first-order valence-electron chi connectivity index (χ1n) is 5.65. The molecule has 0 radical (unpaired) electrons. The predicted molar refractivity (Wildman–Crippen MR) is 57.6 cm³/mol. The van der Waals surface area contributed by atoms with Crippen molar-refractivity contribution >= 4 is 5.97 Å². The minimum atomic E-state index is -0.992. The van der Waals surface area contributed by atoms with Crippen molar-refractivity contribution in [1.29, 1.82) is 0 Å². The minimum Gasteiger partial charge on any atom is -0.476 e. The van der Waals surface area contributed by atoms with E-state index in [-0.39, 0.29) is 5.69 Å². The zero-order valence-electron chi connectivity index (χ0n) is 9.40. The van der Waals surface area contributed by atoms with E-state index in [4.69, 9.17) is 9.63 Å². The van der Waals surface area contributed by atoms with Crippen LogP contribution in [0, 0.1) is 0 Å². The molecular weight excluding hydrogens is 208 g/mol. The van der Waals surface area contributed by atoms with E-state index in [0.29, 0.717) is 0 Å². The maximum Gasteiger partial charge on any atom is 0.358 e. The lowest BCUT2D eigenvalue weighted by Gasteiger charge is -2.17. The van der Waals surface area contributed by atoms with Gasteiger partial charge in [-0.2, -0.15) is 0 Å². The highest BCUT2D eigenvalue weighted by molar-refractivity contribution is 5.87. The van der Waals surface area contributed by atoms with Gasteiger partial charge in [-0.3, -0.25) is 0 Å². The van der Waals surface area contributed by atoms with E-state index >= 15 is 0 Å². The Labute approximate surface area is 94.0 Å². The van der Waals surface area contributed by atoms with Gasteiger partial charge in [0.05, 0.1) is 0 Å². The van der Waals surface area contributed by atoms with Gasteiger partial charge in [0, 0.05) is 25.1 Å². The number of carboxylic acids is 1. The minimum absolute atomic E-state index is 0.0911. The summed E-state index contributed by atoms with van der Waals surface area (Å²) in [5.41, 5.74) is 0.874. The molecule has 5 heteroatoms. The van der Waals surface area contributed by atoms with Gasteiger partial charge in [-0.25, -0.2) is 4.79 Å². The van der Waals surface area contributed by atoms with E-state index in [1.165, 1.54) is 0 Å². The first-order valence-corrected chi connectivity index (χ1v) is 5.65. The molecule has 1 aromatic rings. The number of carboxylic acid groups (broad SMARTS) is 1. The van der Waals surface area contributed by atoms with Crippen molar-refractivity contribution in [3.63, 3.8) is 0 Å². The summed E-state index contributed by atoms with van der Waals surface area (Å²) in [5.74, 6) is -0.245. The van der Waals surface area contributed by atoms with Crippen LogP contribution in [0.15, 0.2) is 4.52 Å². The maximum atomic E-state index is 10.9. The first kappa shape index (κ1) is 11.1. The van der Waals surface area contributed by atoms with Crippen molar-refractivity contribution in [2.75, 3.05) is 19.6 Å². The summed E-state index contributed by atoms with van der Waals surface area (Å²) in [6.45, 7) is 5.02. The van der Waals surface area contributed by atoms with E-state index < -0.39 is 5.97 Å². The van der Waals surface area contributed by atoms with Crippen molar-refractivity contribution < 1.29 is 14.4 Å². The molecule has 0 fully saturated rings. The topological polar surface area (TPSA) is 66.6 Å². The van der Waals surface area contributed by atoms with Crippen LogP contribution < -0.4 is 0 Å². The highest BCUT2D eigenvalue weighted by Gasteiger charge is 2.24. The molecule has 1 aliphatic rings. The SMILES string of the molecule is CCCN1CCc2onc(C(=O)O)c2CC1. The fourth-order valence-corrected chi connectivity index (χ4v) is 2.15. The van der Waals surface area contributed by atoms with Crippen molar-refractivity contribution in [2.24, 2.45) is 0 Å². The summed E-state index contributed by atoms with van der Waals surface area (Å²) >= 11 is 0. The summed E-state index contributed by atoms with van der Waals surface area (Å²) < 4.78 is 5.10. The van der Waals surface area contributed by atoms with Crippen LogP contribution in [-0.4, -0.2) is 40.8 Å². The van der Waals surface area contributed by atoms with Crippen LogP contribution in [0.2, 0.25) is 0 Å². The Morgan fingerprint density at radius 2 is 2.25 bits per heavy atom. The maximum absolute atomic E-state index is 10.9. The second kappa shape index (κ2) is 4.65. The number of hydrogen-bond acceptors (Lipinski definition) is 4. The lowest BCUT2D eigenvalue weighted by atomic mass is 10.1. The molecule has 0 unspecified atom stereocenters. The smallest absolute Gasteiger partial charge is 0.358 e. The van der Waals surface area contributed by atoms with Gasteiger partial charge in [0.2, 0.25) is 0 Å². The second-order valence-corrected chi connectivity index (χ2v) is 4.08. The third-order valence-corrected chi connectivity index (χ3v) is 2.95. The Kier molecular flexibility index (Phi) is 3.24. The zero-order chi connectivity index (χ0) is 11.5. The molecule has 1 aromatic heterocycles. The first-order chi connectivity index (χ1) is 7.72. The summed E-state index contributed by atoms with van der Waals surface area (Å²) in [6.07, 6.45) is 2.60. The average molecular weight is 224 g/mol. The molecular formula is C11H16N2O3. The van der Waals surface area contributed by atoms with E-state index in [1.807, 2.05) is 0 Å². The summed E-state index contributed by atoms with van der Waals surface area (Å²) in [4.78, 5) is 13.3. The van der Waals surface area contributed by atoms with Crippen LogP contribution in [0.3, 0.4) is 0 Å². The highest BCUT2D eigenvalue weighted by atomic mass is 16.5. The molecule has 0 amide bonds. The Hall–Kier alpha value is -1.36. The lowest BCUT2D eigenvalue weighted by molar-refractivity contribution is 0.0684. The molecule has 5 nitrogen and oxygen atoms in total. The summed E-state index contributed by atoms with van der Waals surface area (Å²) in [7, 11) is 0. The molecule has 0 aliphatic carbocycles. The van der Waals surface area contributed by atoms with Crippen molar-refractivity contribution in [3.05, 3.63) is 17.0 Å². The highest BCUT2D eigenvalue weighted by Crippen LogP contribution is 2.19. The van der Waals surface area contributed by atoms with E-state index in [0.717, 1.165) is 50.2 Å². The molecule has 88 valence electrons. The molecule has 0 aromatic carbocycles. The molecule has 2 rings (SSSR count).